The van der Waals surface area contributed by atoms with Gasteiger partial charge in [-0.05, 0) is 39.3 Å². The molecular weight excluding hydrogens is 523 g/mol. The first-order valence-corrected chi connectivity index (χ1v) is 12.7. The lowest BCUT2D eigenvalue weighted by atomic mass is 9.73. The van der Waals surface area contributed by atoms with E-state index >= 15 is 0 Å². The molecule has 0 unspecified atom stereocenters. The van der Waals surface area contributed by atoms with E-state index in [1.807, 2.05) is 25.3 Å². The molecule has 1 saturated heterocycles. The molecule has 3 aromatic rings. The summed E-state index contributed by atoms with van der Waals surface area (Å²) in [6.45, 7) is 6.10. The SMILES string of the molecule is CC(C)(C)n1cnc2c(F)cc(-c3nc(N[C@@H]4CCN(C(=O)C5(N)CC(F)(F)C5)C[C@H]4O)ncc3Cl)cc21. The van der Waals surface area contributed by atoms with Gasteiger partial charge < -0.3 is 25.6 Å². The van der Waals surface area contributed by atoms with E-state index in [4.69, 9.17) is 17.3 Å². The number of aromatic nitrogens is 4. The highest BCUT2D eigenvalue weighted by Crippen LogP contribution is 2.45. The number of rotatable bonds is 4. The molecule has 2 aromatic heterocycles. The van der Waals surface area contributed by atoms with Crippen LogP contribution in [0.2, 0.25) is 5.02 Å². The summed E-state index contributed by atoms with van der Waals surface area (Å²) in [5, 5.41) is 14.0. The van der Waals surface area contributed by atoms with Gasteiger partial charge in [-0.3, -0.25) is 4.79 Å². The Bertz CT molecular complexity index is 1400. The summed E-state index contributed by atoms with van der Waals surface area (Å²) >= 11 is 6.39. The van der Waals surface area contributed by atoms with E-state index in [-0.39, 0.29) is 35.1 Å². The van der Waals surface area contributed by atoms with Crippen LogP contribution in [0.15, 0.2) is 24.7 Å². The Kier molecular flexibility index (Phi) is 6.35. The summed E-state index contributed by atoms with van der Waals surface area (Å²) in [6, 6.07) is 2.55. The first kappa shape index (κ1) is 26.6. The number of carbonyl (C=O) groups excluding carboxylic acids is 1. The molecule has 2 fully saturated rings. The monoisotopic (exact) mass is 551 g/mol. The summed E-state index contributed by atoms with van der Waals surface area (Å²) in [5.74, 6) is -3.88. The van der Waals surface area contributed by atoms with Gasteiger partial charge in [0, 0.05) is 37.0 Å². The number of fused-ring (bicyclic) bond motifs is 1. The summed E-state index contributed by atoms with van der Waals surface area (Å²) < 4.78 is 43.5. The number of nitrogens with two attached hydrogens (primary N) is 1. The fraction of sp³-hybridized carbons (Fsp3) is 0.520. The van der Waals surface area contributed by atoms with Gasteiger partial charge >= 0.3 is 0 Å². The van der Waals surface area contributed by atoms with Gasteiger partial charge in [0.05, 0.1) is 40.9 Å². The third kappa shape index (κ3) is 4.80. The predicted octanol–water partition coefficient (Wildman–Crippen LogP) is 3.54. The van der Waals surface area contributed by atoms with Crippen LogP contribution in [-0.2, 0) is 10.3 Å². The zero-order valence-corrected chi connectivity index (χ0v) is 21.9. The third-order valence-corrected chi connectivity index (χ3v) is 7.38. The Morgan fingerprint density at radius 3 is 2.61 bits per heavy atom. The van der Waals surface area contributed by atoms with Crippen molar-refractivity contribution in [3.63, 3.8) is 0 Å². The maximum absolute atomic E-state index is 15.0. The van der Waals surface area contributed by atoms with E-state index in [1.54, 1.807) is 12.4 Å². The van der Waals surface area contributed by atoms with Crippen LogP contribution in [0.4, 0.5) is 19.1 Å². The highest BCUT2D eigenvalue weighted by Gasteiger charge is 2.60. The van der Waals surface area contributed by atoms with Crippen LogP contribution in [0.25, 0.3) is 22.3 Å². The standard InChI is InChI=1S/C25H29ClF3N7O2/c1-23(2,3)36-12-32-20-15(27)6-13(7-17(20)36)19-14(26)8-31-22(34-19)33-16-4-5-35(9-18(16)37)21(38)24(30)10-25(28,29)11-24/h6-8,12,16,18,37H,4-5,9-11,30H2,1-3H3,(H,31,33,34)/t16-,18-/m1/s1. The van der Waals surface area contributed by atoms with Crippen molar-refractivity contribution < 1.29 is 23.1 Å². The van der Waals surface area contributed by atoms with Gasteiger partial charge in [-0.1, -0.05) is 11.6 Å². The average Bonchev–Trinajstić information content (AvgIpc) is 3.25. The second kappa shape index (κ2) is 9.06. The molecule has 5 rings (SSSR count). The van der Waals surface area contributed by atoms with Crippen molar-refractivity contribution in [2.45, 2.75) is 69.2 Å². The highest BCUT2D eigenvalue weighted by atomic mass is 35.5. The molecule has 1 aliphatic carbocycles. The Morgan fingerprint density at radius 2 is 1.97 bits per heavy atom. The van der Waals surface area contributed by atoms with E-state index < -0.39 is 48.2 Å². The Labute approximate surface area is 222 Å². The van der Waals surface area contributed by atoms with Crippen LogP contribution in [0.3, 0.4) is 0 Å². The number of alkyl halides is 2. The molecule has 38 heavy (non-hydrogen) atoms. The van der Waals surface area contributed by atoms with Gasteiger partial charge in [0.1, 0.15) is 11.1 Å². The van der Waals surface area contributed by atoms with Crippen LogP contribution in [-0.4, -0.2) is 72.1 Å². The van der Waals surface area contributed by atoms with Gasteiger partial charge in [0.15, 0.2) is 5.82 Å². The van der Waals surface area contributed by atoms with Gasteiger partial charge in [-0.2, -0.15) is 0 Å². The third-order valence-electron chi connectivity index (χ3n) is 7.10. The van der Waals surface area contributed by atoms with Gasteiger partial charge in [0.25, 0.3) is 5.92 Å². The maximum Gasteiger partial charge on any atom is 0.252 e. The number of anilines is 1. The number of benzene rings is 1. The molecule has 4 N–H and O–H groups in total. The molecule has 9 nitrogen and oxygen atoms in total. The lowest BCUT2D eigenvalue weighted by Gasteiger charge is -2.47. The highest BCUT2D eigenvalue weighted by molar-refractivity contribution is 6.33. The summed E-state index contributed by atoms with van der Waals surface area (Å²) in [7, 11) is 0. The summed E-state index contributed by atoms with van der Waals surface area (Å²) in [6.07, 6.45) is 0.874. The van der Waals surface area contributed by atoms with Crippen LogP contribution in [0.5, 0.6) is 0 Å². The van der Waals surface area contributed by atoms with Gasteiger partial charge in [-0.25, -0.2) is 28.1 Å². The smallest absolute Gasteiger partial charge is 0.252 e. The normalized spacial score (nSPS) is 22.8. The van der Waals surface area contributed by atoms with E-state index in [2.05, 4.69) is 20.3 Å². The number of β-amino-alcohol motifs (C(OH)–C–C–N with tert-alkyl or cyclic N) is 1. The van der Waals surface area contributed by atoms with E-state index in [0.717, 1.165) is 0 Å². The van der Waals surface area contributed by atoms with Crippen molar-refractivity contribution in [2.24, 2.45) is 5.73 Å². The summed E-state index contributed by atoms with van der Waals surface area (Å²) in [5.41, 5.74) is 5.50. The number of piperidine rings is 1. The lowest BCUT2D eigenvalue weighted by molar-refractivity contribution is -0.168. The minimum absolute atomic E-state index is 0.0693. The molecule has 2 atom stereocenters. The number of likely N-dealkylation sites (tertiary alicyclic amines) is 1. The van der Waals surface area contributed by atoms with Crippen LogP contribution in [0, 0.1) is 5.82 Å². The van der Waals surface area contributed by atoms with Crippen LogP contribution >= 0.6 is 11.6 Å². The first-order chi connectivity index (χ1) is 17.7. The molecule has 1 saturated carbocycles. The van der Waals surface area contributed by atoms with Crippen molar-refractivity contribution in [3.8, 4) is 11.3 Å². The lowest BCUT2D eigenvalue weighted by Crippen LogP contribution is -2.68. The van der Waals surface area contributed by atoms with E-state index in [0.29, 0.717) is 23.2 Å². The molecule has 0 spiro atoms. The molecule has 1 aromatic carbocycles. The number of nitrogens with zero attached hydrogens (tertiary/aromatic N) is 5. The Morgan fingerprint density at radius 1 is 1.26 bits per heavy atom. The fourth-order valence-corrected chi connectivity index (χ4v) is 5.37. The minimum atomic E-state index is -2.94. The quantitative estimate of drug-likeness (QED) is 0.453. The number of halogens is 4. The number of hydrogen-bond acceptors (Lipinski definition) is 7. The van der Waals surface area contributed by atoms with Gasteiger partial charge in [0.2, 0.25) is 11.9 Å². The number of amides is 1. The fourth-order valence-electron chi connectivity index (χ4n) is 5.17. The van der Waals surface area contributed by atoms with Crippen molar-refractivity contribution in [1.82, 2.24) is 24.4 Å². The van der Waals surface area contributed by atoms with E-state index in [1.165, 1.54) is 17.2 Å². The zero-order chi connectivity index (χ0) is 27.6. The topological polar surface area (TPSA) is 122 Å². The van der Waals surface area contributed by atoms with Crippen LogP contribution in [0.1, 0.15) is 40.0 Å². The number of nitrogens with one attached hydrogen (secondary N) is 1. The molecule has 1 amide bonds. The van der Waals surface area contributed by atoms with Gasteiger partial charge in [-0.15, -0.1) is 0 Å². The Balaban J connectivity index is 1.34. The maximum atomic E-state index is 15.0. The largest absolute Gasteiger partial charge is 0.389 e. The molecule has 13 heteroatoms. The molecule has 0 radical (unpaired) electrons. The first-order valence-electron chi connectivity index (χ1n) is 12.3. The van der Waals surface area contributed by atoms with Crippen molar-refractivity contribution in [2.75, 3.05) is 18.4 Å². The van der Waals surface area contributed by atoms with Crippen molar-refractivity contribution in [3.05, 3.63) is 35.5 Å². The molecule has 204 valence electrons. The summed E-state index contributed by atoms with van der Waals surface area (Å²) in [4.78, 5) is 26.9. The number of aliphatic hydroxyl groups excluding tert-OH is 1. The van der Waals surface area contributed by atoms with Crippen LogP contribution < -0.4 is 11.1 Å². The average molecular weight is 552 g/mol. The van der Waals surface area contributed by atoms with Crippen molar-refractivity contribution in [1.29, 1.82) is 0 Å². The molecule has 2 aliphatic rings. The second-order valence-corrected chi connectivity index (χ2v) is 11.6. The molecule has 3 heterocycles. The minimum Gasteiger partial charge on any atom is -0.389 e. The Hall–Kier alpha value is -2.96. The molecular formula is C25H29ClF3N7O2. The number of carbonyl (C=O) groups is 1. The second-order valence-electron chi connectivity index (χ2n) is 11.2. The number of aliphatic hydroxyl groups is 1. The predicted molar refractivity (Wildman–Crippen MR) is 136 cm³/mol. The zero-order valence-electron chi connectivity index (χ0n) is 21.2. The number of imidazole rings is 1. The van der Waals surface area contributed by atoms with Crippen molar-refractivity contribution >= 4 is 34.5 Å². The molecule has 0 bridgehead atoms. The molecule has 1 aliphatic heterocycles. The van der Waals surface area contributed by atoms with E-state index in [9.17, 15) is 23.1 Å². The number of hydrogen-bond donors (Lipinski definition) is 3.